The summed E-state index contributed by atoms with van der Waals surface area (Å²) in [6.07, 6.45) is 1.65. The average Bonchev–Trinajstić information content (AvgIpc) is 2.59. The summed E-state index contributed by atoms with van der Waals surface area (Å²) in [6, 6.07) is 5.29. The van der Waals surface area contributed by atoms with E-state index in [1.54, 1.807) is 13.2 Å². The standard InChI is InChI=1S/C16H20ClN5O2/c1-19-13(9-15(23)20(2)16(19)24)11-21-5-7-22(8-6-21)14-4-3-12(17)10-18-14/h3-4,9-10H,5-8,11H2,1-2H3. The molecule has 1 aliphatic heterocycles. The summed E-state index contributed by atoms with van der Waals surface area (Å²) in [4.78, 5) is 32.6. The van der Waals surface area contributed by atoms with Crippen LogP contribution in [0.2, 0.25) is 5.02 Å². The Bertz CT molecular complexity index is 835. The van der Waals surface area contributed by atoms with Crippen molar-refractivity contribution in [1.82, 2.24) is 19.0 Å². The lowest BCUT2D eigenvalue weighted by Crippen LogP contribution is -2.47. The lowest BCUT2D eigenvalue weighted by molar-refractivity contribution is 0.242. The van der Waals surface area contributed by atoms with Gasteiger partial charge in [0.25, 0.3) is 5.56 Å². The molecule has 24 heavy (non-hydrogen) atoms. The fraction of sp³-hybridized carbons (Fsp3) is 0.438. The van der Waals surface area contributed by atoms with Crippen molar-refractivity contribution in [2.45, 2.75) is 6.54 Å². The van der Waals surface area contributed by atoms with Crippen LogP contribution in [-0.2, 0) is 20.6 Å². The molecule has 8 heteroatoms. The van der Waals surface area contributed by atoms with Gasteiger partial charge in [-0.15, -0.1) is 0 Å². The molecule has 3 heterocycles. The smallest absolute Gasteiger partial charge is 0.330 e. The Morgan fingerprint density at radius 1 is 1.08 bits per heavy atom. The summed E-state index contributed by atoms with van der Waals surface area (Å²) >= 11 is 5.87. The predicted octanol–water partition coefficient (Wildman–Crippen LogP) is 0.455. The zero-order chi connectivity index (χ0) is 17.3. The van der Waals surface area contributed by atoms with Crippen LogP contribution in [0.1, 0.15) is 5.69 Å². The van der Waals surface area contributed by atoms with E-state index in [9.17, 15) is 9.59 Å². The number of pyridine rings is 1. The summed E-state index contributed by atoms with van der Waals surface area (Å²) in [7, 11) is 3.19. The van der Waals surface area contributed by atoms with Gasteiger partial charge in [-0.05, 0) is 12.1 Å². The van der Waals surface area contributed by atoms with Crippen LogP contribution in [0.4, 0.5) is 5.82 Å². The number of rotatable bonds is 3. The highest BCUT2D eigenvalue weighted by atomic mass is 35.5. The van der Waals surface area contributed by atoms with Crippen LogP contribution < -0.4 is 16.1 Å². The third kappa shape index (κ3) is 3.37. The number of anilines is 1. The van der Waals surface area contributed by atoms with Gasteiger partial charge in [-0.25, -0.2) is 9.78 Å². The zero-order valence-corrected chi connectivity index (χ0v) is 14.5. The molecule has 128 valence electrons. The Balaban J connectivity index is 1.67. The highest BCUT2D eigenvalue weighted by Crippen LogP contribution is 2.16. The van der Waals surface area contributed by atoms with Gasteiger partial charge in [-0.1, -0.05) is 11.6 Å². The van der Waals surface area contributed by atoms with Crippen molar-refractivity contribution in [3.63, 3.8) is 0 Å². The van der Waals surface area contributed by atoms with Gasteiger partial charge in [0, 0.05) is 64.8 Å². The topological polar surface area (TPSA) is 63.4 Å². The van der Waals surface area contributed by atoms with E-state index in [1.165, 1.54) is 17.7 Å². The first-order valence-corrected chi connectivity index (χ1v) is 8.18. The number of halogens is 1. The Morgan fingerprint density at radius 2 is 1.79 bits per heavy atom. The highest BCUT2D eigenvalue weighted by molar-refractivity contribution is 6.30. The molecule has 0 amide bonds. The second kappa shape index (κ2) is 6.78. The molecule has 3 rings (SSSR count). The molecule has 0 radical (unpaired) electrons. The quantitative estimate of drug-likeness (QED) is 0.805. The van der Waals surface area contributed by atoms with Crippen LogP contribution in [0.3, 0.4) is 0 Å². The summed E-state index contributed by atoms with van der Waals surface area (Å²) in [6.45, 7) is 3.95. The van der Waals surface area contributed by atoms with Crippen molar-refractivity contribution in [2.24, 2.45) is 14.1 Å². The molecule has 7 nitrogen and oxygen atoms in total. The Morgan fingerprint density at radius 3 is 2.42 bits per heavy atom. The lowest BCUT2D eigenvalue weighted by atomic mass is 10.2. The Labute approximate surface area is 144 Å². The first-order valence-electron chi connectivity index (χ1n) is 7.80. The maximum absolute atomic E-state index is 12.0. The molecule has 0 aliphatic carbocycles. The van der Waals surface area contributed by atoms with E-state index in [1.807, 2.05) is 12.1 Å². The van der Waals surface area contributed by atoms with Crippen LogP contribution >= 0.6 is 11.6 Å². The molecule has 0 saturated carbocycles. The van der Waals surface area contributed by atoms with Gasteiger partial charge in [0.05, 0.1) is 5.02 Å². The molecule has 1 fully saturated rings. The Hall–Kier alpha value is -2.12. The number of piperazine rings is 1. The van der Waals surface area contributed by atoms with E-state index in [0.717, 1.165) is 42.3 Å². The van der Waals surface area contributed by atoms with E-state index in [4.69, 9.17) is 11.6 Å². The molecular weight excluding hydrogens is 330 g/mol. The van der Waals surface area contributed by atoms with Crippen LogP contribution in [0, 0.1) is 0 Å². The van der Waals surface area contributed by atoms with E-state index >= 15 is 0 Å². The molecule has 0 bridgehead atoms. The van der Waals surface area contributed by atoms with Gasteiger partial charge in [-0.2, -0.15) is 0 Å². The molecule has 2 aromatic heterocycles. The van der Waals surface area contributed by atoms with Gasteiger partial charge >= 0.3 is 5.69 Å². The molecule has 1 saturated heterocycles. The van der Waals surface area contributed by atoms with E-state index in [2.05, 4.69) is 14.8 Å². The molecule has 0 aromatic carbocycles. The van der Waals surface area contributed by atoms with Gasteiger partial charge in [-0.3, -0.25) is 18.8 Å². The maximum atomic E-state index is 12.0. The van der Waals surface area contributed by atoms with Crippen molar-refractivity contribution < 1.29 is 0 Å². The molecule has 0 atom stereocenters. The third-order valence-electron chi connectivity index (χ3n) is 4.42. The van der Waals surface area contributed by atoms with Crippen LogP contribution in [0.25, 0.3) is 0 Å². The van der Waals surface area contributed by atoms with E-state index in [0.29, 0.717) is 11.6 Å². The SMILES string of the molecule is Cn1c(CN2CCN(c3ccc(Cl)cn3)CC2)cc(=O)n(C)c1=O. The number of nitrogens with zero attached hydrogens (tertiary/aromatic N) is 5. The van der Waals surface area contributed by atoms with Crippen molar-refractivity contribution in [2.75, 3.05) is 31.1 Å². The van der Waals surface area contributed by atoms with Gasteiger partial charge in [0.2, 0.25) is 0 Å². The minimum absolute atomic E-state index is 0.267. The largest absolute Gasteiger partial charge is 0.354 e. The molecule has 0 unspecified atom stereocenters. The molecule has 0 N–H and O–H groups in total. The monoisotopic (exact) mass is 349 g/mol. The van der Waals surface area contributed by atoms with Crippen molar-refractivity contribution >= 4 is 17.4 Å². The fourth-order valence-electron chi connectivity index (χ4n) is 2.85. The van der Waals surface area contributed by atoms with Gasteiger partial charge < -0.3 is 4.90 Å². The second-order valence-electron chi connectivity index (χ2n) is 5.97. The maximum Gasteiger partial charge on any atom is 0.330 e. The van der Waals surface area contributed by atoms with Crippen LogP contribution in [-0.4, -0.2) is 45.2 Å². The zero-order valence-electron chi connectivity index (χ0n) is 13.8. The first-order chi connectivity index (χ1) is 11.5. The summed E-state index contributed by atoms with van der Waals surface area (Å²) in [5.74, 6) is 0.917. The molecular formula is C16H20ClN5O2. The van der Waals surface area contributed by atoms with Crippen molar-refractivity contribution in [1.29, 1.82) is 0 Å². The van der Waals surface area contributed by atoms with Gasteiger partial charge in [0.1, 0.15) is 5.82 Å². The van der Waals surface area contributed by atoms with Crippen molar-refractivity contribution in [3.8, 4) is 0 Å². The predicted molar refractivity (Wildman–Crippen MR) is 93.7 cm³/mol. The number of aromatic nitrogens is 3. The third-order valence-corrected chi connectivity index (χ3v) is 4.64. The fourth-order valence-corrected chi connectivity index (χ4v) is 2.96. The summed E-state index contributed by atoms with van der Waals surface area (Å²) in [5, 5.41) is 0.629. The molecule has 0 spiro atoms. The normalized spacial score (nSPS) is 15.7. The van der Waals surface area contributed by atoms with Crippen molar-refractivity contribution in [3.05, 3.63) is 56.0 Å². The number of hydrogen-bond donors (Lipinski definition) is 0. The minimum atomic E-state index is -0.290. The lowest BCUT2D eigenvalue weighted by Gasteiger charge is -2.35. The summed E-state index contributed by atoms with van der Waals surface area (Å²) < 4.78 is 2.65. The van der Waals surface area contributed by atoms with E-state index in [-0.39, 0.29) is 11.2 Å². The first kappa shape index (κ1) is 16.7. The molecule has 2 aromatic rings. The number of hydrogen-bond acceptors (Lipinski definition) is 5. The van der Waals surface area contributed by atoms with Crippen LogP contribution in [0.5, 0.6) is 0 Å². The molecule has 1 aliphatic rings. The second-order valence-corrected chi connectivity index (χ2v) is 6.41. The average molecular weight is 350 g/mol. The van der Waals surface area contributed by atoms with Crippen LogP contribution in [0.15, 0.2) is 34.0 Å². The van der Waals surface area contributed by atoms with E-state index < -0.39 is 0 Å². The minimum Gasteiger partial charge on any atom is -0.354 e. The van der Waals surface area contributed by atoms with Gasteiger partial charge in [0.15, 0.2) is 0 Å². The highest BCUT2D eigenvalue weighted by Gasteiger charge is 2.19. The summed E-state index contributed by atoms with van der Waals surface area (Å²) in [5.41, 5.74) is 0.180. The Kier molecular flexibility index (Phi) is 4.73.